The number of ether oxygens (including phenoxy) is 1. The van der Waals surface area contributed by atoms with E-state index in [0.29, 0.717) is 25.6 Å². The molecule has 0 spiro atoms. The van der Waals surface area contributed by atoms with E-state index in [2.05, 4.69) is 38.1 Å². The van der Waals surface area contributed by atoms with Crippen LogP contribution in [-0.2, 0) is 16.1 Å². The zero-order chi connectivity index (χ0) is 20.2. The molecule has 0 saturated carbocycles. The maximum atomic E-state index is 12.9. The summed E-state index contributed by atoms with van der Waals surface area (Å²) in [6.07, 6.45) is 1.31. The quantitative estimate of drug-likeness (QED) is 0.784. The van der Waals surface area contributed by atoms with Gasteiger partial charge in [-0.1, -0.05) is 38.1 Å². The van der Waals surface area contributed by atoms with Gasteiger partial charge in [-0.05, 0) is 50.7 Å². The van der Waals surface area contributed by atoms with Crippen molar-refractivity contribution in [3.05, 3.63) is 35.4 Å². The summed E-state index contributed by atoms with van der Waals surface area (Å²) >= 11 is 0. The van der Waals surface area contributed by atoms with Gasteiger partial charge in [-0.3, -0.25) is 4.79 Å². The van der Waals surface area contributed by atoms with Crippen molar-refractivity contribution in [2.24, 2.45) is 5.92 Å². The van der Waals surface area contributed by atoms with Crippen molar-refractivity contribution in [3.8, 4) is 0 Å². The standard InChI is InChI=1S/C22H34N2O3/c1-16(2)18-11-9-17(10-12-18)14-23(6)20(25)19-8-7-13-24(15-19)21(26)27-22(3,4)5/h9-12,16,19H,7-8,13-15H2,1-6H3. The predicted octanol–water partition coefficient (Wildman–Crippen LogP) is 4.42. The SMILES string of the molecule is CC(C)c1ccc(CN(C)C(=O)C2CCCN(C(=O)OC(C)(C)C)C2)cc1. The van der Waals surface area contributed by atoms with Crippen LogP contribution in [0.3, 0.4) is 0 Å². The molecule has 1 aromatic carbocycles. The number of likely N-dealkylation sites (tertiary alicyclic amines) is 1. The number of carbonyl (C=O) groups is 2. The zero-order valence-electron chi connectivity index (χ0n) is 17.6. The maximum Gasteiger partial charge on any atom is 0.410 e. The van der Waals surface area contributed by atoms with E-state index in [1.54, 1.807) is 9.80 Å². The number of hydrogen-bond donors (Lipinski definition) is 0. The molecule has 1 aliphatic rings. The lowest BCUT2D eigenvalue weighted by Crippen LogP contribution is -2.47. The number of nitrogens with zero attached hydrogens (tertiary/aromatic N) is 2. The summed E-state index contributed by atoms with van der Waals surface area (Å²) in [5.74, 6) is 0.432. The predicted molar refractivity (Wildman–Crippen MR) is 108 cm³/mol. The molecule has 1 fully saturated rings. The summed E-state index contributed by atoms with van der Waals surface area (Å²) in [5, 5.41) is 0. The van der Waals surface area contributed by atoms with Crippen LogP contribution in [0.1, 0.15) is 64.5 Å². The Labute approximate surface area is 163 Å². The third kappa shape index (κ3) is 6.26. The van der Waals surface area contributed by atoms with Gasteiger partial charge in [-0.2, -0.15) is 0 Å². The Morgan fingerprint density at radius 3 is 2.41 bits per heavy atom. The molecule has 2 rings (SSSR count). The van der Waals surface area contributed by atoms with Crippen LogP contribution in [0.4, 0.5) is 4.79 Å². The minimum absolute atomic E-state index is 0.0937. The first-order chi connectivity index (χ1) is 12.6. The molecule has 27 heavy (non-hydrogen) atoms. The van der Waals surface area contributed by atoms with Crippen molar-refractivity contribution in [3.63, 3.8) is 0 Å². The first kappa shape index (κ1) is 21.3. The Morgan fingerprint density at radius 2 is 1.85 bits per heavy atom. The first-order valence-corrected chi connectivity index (χ1v) is 9.88. The number of hydrogen-bond acceptors (Lipinski definition) is 3. The van der Waals surface area contributed by atoms with Gasteiger partial charge in [-0.15, -0.1) is 0 Å². The number of benzene rings is 1. The molecule has 0 aromatic heterocycles. The van der Waals surface area contributed by atoms with Crippen LogP contribution in [-0.4, -0.2) is 47.5 Å². The van der Waals surface area contributed by atoms with Crippen LogP contribution in [0, 0.1) is 5.92 Å². The zero-order valence-corrected chi connectivity index (χ0v) is 17.6. The van der Waals surface area contributed by atoms with Crippen molar-refractivity contribution in [1.29, 1.82) is 0 Å². The molecule has 1 aromatic rings. The van der Waals surface area contributed by atoms with Crippen molar-refractivity contribution >= 4 is 12.0 Å². The lowest BCUT2D eigenvalue weighted by atomic mass is 9.96. The molecule has 5 nitrogen and oxygen atoms in total. The second-order valence-electron chi connectivity index (χ2n) is 8.86. The fourth-order valence-corrected chi connectivity index (χ4v) is 3.34. The minimum Gasteiger partial charge on any atom is -0.444 e. The Kier molecular flexibility index (Phi) is 6.90. The topological polar surface area (TPSA) is 49.9 Å². The Hall–Kier alpha value is -2.04. The monoisotopic (exact) mass is 374 g/mol. The van der Waals surface area contributed by atoms with Crippen molar-refractivity contribution in [1.82, 2.24) is 9.80 Å². The Bertz CT molecular complexity index is 647. The van der Waals surface area contributed by atoms with E-state index in [1.807, 2.05) is 27.8 Å². The fraction of sp³-hybridized carbons (Fsp3) is 0.636. The van der Waals surface area contributed by atoms with Gasteiger partial charge in [0.25, 0.3) is 0 Å². The van der Waals surface area contributed by atoms with Crippen LogP contribution in [0.2, 0.25) is 0 Å². The molecule has 1 aliphatic heterocycles. The van der Waals surface area contributed by atoms with Gasteiger partial charge in [0.2, 0.25) is 5.91 Å². The second-order valence-corrected chi connectivity index (χ2v) is 8.86. The highest BCUT2D eigenvalue weighted by molar-refractivity contribution is 5.80. The molecule has 5 heteroatoms. The highest BCUT2D eigenvalue weighted by Gasteiger charge is 2.32. The van der Waals surface area contributed by atoms with Gasteiger partial charge in [-0.25, -0.2) is 4.79 Å². The molecule has 0 radical (unpaired) electrons. The van der Waals surface area contributed by atoms with Crippen LogP contribution in [0.15, 0.2) is 24.3 Å². The lowest BCUT2D eigenvalue weighted by molar-refractivity contribution is -0.136. The molecule has 0 N–H and O–H groups in total. The molecular weight excluding hydrogens is 340 g/mol. The van der Waals surface area contributed by atoms with Gasteiger partial charge in [0, 0.05) is 26.7 Å². The smallest absolute Gasteiger partial charge is 0.410 e. The molecule has 1 unspecified atom stereocenters. The number of piperidine rings is 1. The summed E-state index contributed by atoms with van der Waals surface area (Å²) in [7, 11) is 1.84. The van der Waals surface area contributed by atoms with Gasteiger partial charge in [0.15, 0.2) is 0 Å². The van der Waals surface area contributed by atoms with E-state index in [1.165, 1.54) is 5.56 Å². The number of carbonyl (C=O) groups excluding carboxylic acids is 2. The van der Waals surface area contributed by atoms with Crippen molar-refractivity contribution in [2.75, 3.05) is 20.1 Å². The van der Waals surface area contributed by atoms with Crippen molar-refractivity contribution in [2.45, 2.75) is 65.5 Å². The molecule has 2 amide bonds. The van der Waals surface area contributed by atoms with E-state index in [0.717, 1.165) is 18.4 Å². The second kappa shape index (κ2) is 8.77. The average molecular weight is 375 g/mol. The van der Waals surface area contributed by atoms with Crippen LogP contribution < -0.4 is 0 Å². The first-order valence-electron chi connectivity index (χ1n) is 9.88. The lowest BCUT2D eigenvalue weighted by Gasteiger charge is -2.35. The van der Waals surface area contributed by atoms with E-state index in [4.69, 9.17) is 4.74 Å². The fourth-order valence-electron chi connectivity index (χ4n) is 3.34. The number of rotatable bonds is 4. The van der Waals surface area contributed by atoms with E-state index < -0.39 is 5.60 Å². The highest BCUT2D eigenvalue weighted by Crippen LogP contribution is 2.22. The average Bonchev–Trinajstić information content (AvgIpc) is 2.60. The van der Waals surface area contributed by atoms with E-state index in [-0.39, 0.29) is 17.9 Å². The molecule has 1 saturated heterocycles. The van der Waals surface area contributed by atoms with Crippen LogP contribution >= 0.6 is 0 Å². The van der Waals surface area contributed by atoms with Crippen molar-refractivity contribution < 1.29 is 14.3 Å². The molecule has 1 heterocycles. The summed E-state index contributed by atoms with van der Waals surface area (Å²) < 4.78 is 5.45. The Morgan fingerprint density at radius 1 is 1.22 bits per heavy atom. The van der Waals surface area contributed by atoms with Gasteiger partial charge < -0.3 is 14.5 Å². The normalized spacial score (nSPS) is 17.7. The summed E-state index contributed by atoms with van der Waals surface area (Å²) in [6.45, 7) is 11.6. The van der Waals surface area contributed by atoms with E-state index >= 15 is 0 Å². The molecule has 0 aliphatic carbocycles. The molecule has 150 valence electrons. The summed E-state index contributed by atoms with van der Waals surface area (Å²) in [4.78, 5) is 28.6. The third-order valence-electron chi connectivity index (χ3n) is 4.86. The van der Waals surface area contributed by atoms with Gasteiger partial charge in [0.1, 0.15) is 5.60 Å². The minimum atomic E-state index is -0.521. The molecule has 0 bridgehead atoms. The maximum absolute atomic E-state index is 12.9. The van der Waals surface area contributed by atoms with E-state index in [9.17, 15) is 9.59 Å². The number of amides is 2. The van der Waals surface area contributed by atoms with Crippen LogP contribution in [0.5, 0.6) is 0 Å². The van der Waals surface area contributed by atoms with Crippen LogP contribution in [0.25, 0.3) is 0 Å². The Balaban J connectivity index is 1.94. The highest BCUT2D eigenvalue weighted by atomic mass is 16.6. The summed E-state index contributed by atoms with van der Waals surface area (Å²) in [5.41, 5.74) is 1.90. The third-order valence-corrected chi connectivity index (χ3v) is 4.86. The van der Waals surface area contributed by atoms with Gasteiger partial charge in [0.05, 0.1) is 5.92 Å². The molecule has 1 atom stereocenters. The van der Waals surface area contributed by atoms with Gasteiger partial charge >= 0.3 is 6.09 Å². The molecular formula is C22H34N2O3. The summed E-state index contributed by atoms with van der Waals surface area (Å²) in [6, 6.07) is 8.44. The largest absolute Gasteiger partial charge is 0.444 e.